The van der Waals surface area contributed by atoms with E-state index in [1.54, 1.807) is 7.05 Å². The first kappa shape index (κ1) is 18.7. The summed E-state index contributed by atoms with van der Waals surface area (Å²) >= 11 is 0. The second-order valence-electron chi connectivity index (χ2n) is 7.73. The third-order valence-corrected chi connectivity index (χ3v) is 5.86. The normalized spacial score (nSPS) is 25.7. The van der Waals surface area contributed by atoms with Crippen molar-refractivity contribution < 1.29 is 9.59 Å². The van der Waals surface area contributed by atoms with Crippen LogP contribution in [0.3, 0.4) is 0 Å². The predicted molar refractivity (Wildman–Crippen MR) is 107 cm³/mol. The number of nitrogens with zero attached hydrogens (tertiary/aromatic N) is 5. The van der Waals surface area contributed by atoms with Crippen molar-refractivity contribution in [3.8, 4) is 0 Å². The minimum atomic E-state index is -0.443. The highest BCUT2D eigenvalue weighted by molar-refractivity contribution is 6.03. The van der Waals surface area contributed by atoms with Crippen molar-refractivity contribution in [2.45, 2.75) is 32.6 Å². The van der Waals surface area contributed by atoms with Gasteiger partial charge in [-0.3, -0.25) is 15.0 Å². The molecule has 0 aromatic heterocycles. The van der Waals surface area contributed by atoms with E-state index in [-0.39, 0.29) is 11.9 Å². The van der Waals surface area contributed by atoms with Crippen LogP contribution in [0.2, 0.25) is 0 Å². The summed E-state index contributed by atoms with van der Waals surface area (Å²) in [6.07, 6.45) is -0.443. The highest BCUT2D eigenvalue weighted by Crippen LogP contribution is 2.25. The molecule has 150 valence electrons. The van der Waals surface area contributed by atoms with Gasteiger partial charge in [0, 0.05) is 46.3 Å². The zero-order valence-corrected chi connectivity index (χ0v) is 16.8. The van der Waals surface area contributed by atoms with Crippen LogP contribution in [0.4, 0.5) is 4.79 Å². The third-order valence-electron chi connectivity index (χ3n) is 5.86. The molecular weight excluding hydrogens is 356 g/mol. The van der Waals surface area contributed by atoms with Crippen molar-refractivity contribution in [3.63, 3.8) is 0 Å². The molecule has 3 aliphatic heterocycles. The number of carbonyl (C=O) groups excluding carboxylic acids is 2. The maximum Gasteiger partial charge on any atom is 0.325 e. The molecule has 2 unspecified atom stereocenters. The summed E-state index contributed by atoms with van der Waals surface area (Å²) in [7, 11) is 1.69. The average molecular weight is 384 g/mol. The summed E-state index contributed by atoms with van der Waals surface area (Å²) < 4.78 is 0. The Hall–Kier alpha value is -2.61. The highest BCUT2D eigenvalue weighted by atomic mass is 16.2. The number of aliphatic imine (C=N–C) groups is 1. The number of imide groups is 1. The van der Waals surface area contributed by atoms with Crippen LogP contribution in [0.1, 0.15) is 18.1 Å². The number of hydrogen-bond acceptors (Lipinski definition) is 6. The smallest absolute Gasteiger partial charge is 0.325 e. The number of amides is 3. The van der Waals surface area contributed by atoms with Gasteiger partial charge in [0.1, 0.15) is 0 Å². The van der Waals surface area contributed by atoms with Gasteiger partial charge in [0.25, 0.3) is 5.91 Å². The topological polar surface area (TPSA) is 71.5 Å². The molecule has 2 saturated heterocycles. The van der Waals surface area contributed by atoms with E-state index in [9.17, 15) is 9.59 Å². The summed E-state index contributed by atoms with van der Waals surface area (Å²) in [5.41, 5.74) is 2.61. The number of guanidine groups is 1. The second kappa shape index (κ2) is 7.43. The lowest BCUT2D eigenvalue weighted by atomic mass is 10.1. The van der Waals surface area contributed by atoms with Crippen LogP contribution >= 0.6 is 0 Å². The van der Waals surface area contributed by atoms with Crippen molar-refractivity contribution in [2.24, 2.45) is 4.99 Å². The number of aryl methyl sites for hydroxylation is 1. The molecule has 2 fully saturated rings. The zero-order valence-electron chi connectivity index (χ0n) is 16.8. The Morgan fingerprint density at radius 1 is 1.11 bits per heavy atom. The molecule has 0 radical (unpaired) electrons. The molecule has 1 aromatic carbocycles. The van der Waals surface area contributed by atoms with Gasteiger partial charge in [-0.15, -0.1) is 0 Å². The van der Waals surface area contributed by atoms with Crippen LogP contribution in [0, 0.1) is 6.92 Å². The van der Waals surface area contributed by atoms with Crippen LogP contribution < -0.4 is 5.32 Å². The van der Waals surface area contributed by atoms with Gasteiger partial charge in [0.15, 0.2) is 18.2 Å². The summed E-state index contributed by atoms with van der Waals surface area (Å²) in [5.74, 6) is 0.580. The van der Waals surface area contributed by atoms with E-state index in [2.05, 4.69) is 46.3 Å². The maximum atomic E-state index is 12.4. The number of piperazine rings is 1. The molecule has 4 rings (SSSR count). The van der Waals surface area contributed by atoms with Gasteiger partial charge < -0.3 is 14.7 Å². The lowest BCUT2D eigenvalue weighted by Gasteiger charge is -2.40. The third kappa shape index (κ3) is 3.32. The first-order chi connectivity index (χ1) is 13.5. The summed E-state index contributed by atoms with van der Waals surface area (Å²) in [4.78, 5) is 37.4. The Morgan fingerprint density at radius 2 is 1.79 bits per heavy atom. The largest absolute Gasteiger partial charge is 0.340 e. The Bertz CT molecular complexity index is 784. The van der Waals surface area contributed by atoms with Crippen LogP contribution in [0.15, 0.2) is 29.3 Å². The van der Waals surface area contributed by atoms with Crippen molar-refractivity contribution in [2.75, 3.05) is 39.8 Å². The zero-order chi connectivity index (χ0) is 19.8. The molecule has 2 atom stereocenters. The lowest BCUT2D eigenvalue weighted by Crippen LogP contribution is -2.64. The number of urea groups is 1. The average Bonchev–Trinajstić information content (AvgIpc) is 3.09. The Kier molecular flexibility index (Phi) is 4.97. The van der Waals surface area contributed by atoms with Crippen molar-refractivity contribution in [3.05, 3.63) is 35.4 Å². The number of benzene rings is 1. The monoisotopic (exact) mass is 384 g/mol. The van der Waals surface area contributed by atoms with Gasteiger partial charge in [0.2, 0.25) is 0 Å². The lowest BCUT2D eigenvalue weighted by molar-refractivity contribution is -0.127. The van der Waals surface area contributed by atoms with Gasteiger partial charge in [-0.05, 0) is 19.4 Å². The molecule has 1 N–H and O–H groups in total. The number of carbonyl (C=O) groups is 2. The first-order valence-corrected chi connectivity index (χ1v) is 9.93. The second-order valence-corrected chi connectivity index (χ2v) is 7.73. The molecule has 8 nitrogen and oxygen atoms in total. The van der Waals surface area contributed by atoms with Crippen LogP contribution in [-0.2, 0) is 11.3 Å². The van der Waals surface area contributed by atoms with E-state index in [0.717, 1.165) is 38.7 Å². The molecule has 0 spiro atoms. The van der Waals surface area contributed by atoms with E-state index in [1.165, 1.54) is 16.0 Å². The summed E-state index contributed by atoms with van der Waals surface area (Å²) in [6.45, 7) is 9.37. The van der Waals surface area contributed by atoms with Crippen LogP contribution in [0.5, 0.6) is 0 Å². The Morgan fingerprint density at radius 3 is 2.43 bits per heavy atom. The summed E-state index contributed by atoms with van der Waals surface area (Å²) in [5, 5.41) is 2.43. The van der Waals surface area contributed by atoms with Gasteiger partial charge in [-0.2, -0.15) is 0 Å². The van der Waals surface area contributed by atoms with Crippen molar-refractivity contribution in [1.82, 2.24) is 24.9 Å². The molecule has 3 heterocycles. The fraction of sp³-hybridized carbons (Fsp3) is 0.550. The van der Waals surface area contributed by atoms with Crippen molar-refractivity contribution in [1.29, 1.82) is 0 Å². The molecule has 28 heavy (non-hydrogen) atoms. The highest BCUT2D eigenvalue weighted by Gasteiger charge is 2.49. The van der Waals surface area contributed by atoms with Gasteiger partial charge in [-0.25, -0.2) is 9.79 Å². The maximum absolute atomic E-state index is 12.4. The van der Waals surface area contributed by atoms with E-state index in [1.807, 2.05) is 11.8 Å². The van der Waals surface area contributed by atoms with Gasteiger partial charge >= 0.3 is 6.03 Å². The molecular formula is C20H28N6O2. The van der Waals surface area contributed by atoms with E-state index < -0.39 is 12.2 Å². The van der Waals surface area contributed by atoms with Crippen molar-refractivity contribution >= 4 is 17.9 Å². The molecule has 8 heteroatoms. The summed E-state index contributed by atoms with van der Waals surface area (Å²) in [6, 6.07) is 7.88. The molecule has 0 aliphatic carbocycles. The molecule has 3 aliphatic rings. The predicted octanol–water partition coefficient (Wildman–Crippen LogP) is 0.680. The van der Waals surface area contributed by atoms with Crippen LogP contribution in [0.25, 0.3) is 0 Å². The minimum Gasteiger partial charge on any atom is -0.340 e. The molecule has 0 bridgehead atoms. The van der Waals surface area contributed by atoms with Gasteiger partial charge in [-0.1, -0.05) is 29.8 Å². The van der Waals surface area contributed by atoms with Gasteiger partial charge in [0.05, 0.1) is 0 Å². The fourth-order valence-electron chi connectivity index (χ4n) is 4.17. The fourth-order valence-corrected chi connectivity index (χ4v) is 4.17. The molecule has 1 aromatic rings. The number of rotatable bonds is 3. The number of hydrogen-bond donors (Lipinski definition) is 1. The number of likely N-dealkylation sites (N-methyl/N-ethyl adjacent to an activating group) is 2. The number of nitrogens with one attached hydrogen (secondary N) is 1. The van der Waals surface area contributed by atoms with E-state index in [0.29, 0.717) is 6.54 Å². The van der Waals surface area contributed by atoms with E-state index >= 15 is 0 Å². The molecule has 0 saturated carbocycles. The van der Waals surface area contributed by atoms with Crippen LogP contribution in [-0.4, -0.2) is 89.5 Å². The standard InChI is InChI=1S/C20H28N6O2/c1-4-26-16-17(23(3)20(28)22-18(16)27)21-19(26)25-11-9-24(10-12-25)13-15-7-5-14(2)6-8-15/h5-8,16-17H,4,9-13H2,1-3H3,(H,22,27,28). The number of fused-ring (bicyclic) bond motifs is 1. The minimum absolute atomic E-state index is 0.258. The quantitative estimate of drug-likeness (QED) is 0.830. The SMILES string of the molecule is CCN1C(N2CCN(Cc3ccc(C)cc3)CC2)=NC2C1C(=O)NC(=O)N2C. The Labute approximate surface area is 165 Å². The first-order valence-electron chi connectivity index (χ1n) is 9.93. The Balaban J connectivity index is 1.43. The van der Waals surface area contributed by atoms with E-state index in [4.69, 9.17) is 4.99 Å². The molecule has 3 amide bonds.